The molecule has 0 unspecified atom stereocenters. The van der Waals surface area contributed by atoms with E-state index in [4.69, 9.17) is 14.2 Å². The van der Waals surface area contributed by atoms with Crippen LogP contribution in [0.1, 0.15) is 36.7 Å². The number of amides is 1. The molecule has 28 heavy (non-hydrogen) atoms. The number of carbonyl (C=O) groups excluding carboxylic acids is 1. The second-order valence-corrected chi connectivity index (χ2v) is 7.07. The van der Waals surface area contributed by atoms with Gasteiger partial charge in [-0.15, -0.1) is 0 Å². The van der Waals surface area contributed by atoms with Gasteiger partial charge in [-0.3, -0.25) is 4.79 Å². The van der Waals surface area contributed by atoms with Crippen molar-refractivity contribution >= 4 is 5.91 Å². The molecule has 0 fully saturated rings. The van der Waals surface area contributed by atoms with Gasteiger partial charge in [0.05, 0.1) is 13.2 Å². The van der Waals surface area contributed by atoms with E-state index in [2.05, 4.69) is 37.1 Å². The van der Waals surface area contributed by atoms with Crippen molar-refractivity contribution in [3.63, 3.8) is 0 Å². The molecule has 0 bridgehead atoms. The summed E-state index contributed by atoms with van der Waals surface area (Å²) in [5.41, 5.74) is 1.51. The third-order valence-corrected chi connectivity index (χ3v) is 4.24. The van der Waals surface area contributed by atoms with Crippen LogP contribution >= 0.6 is 0 Å². The zero-order valence-corrected chi connectivity index (χ0v) is 16.5. The third-order valence-electron chi connectivity index (χ3n) is 4.24. The first kappa shape index (κ1) is 19.6. The summed E-state index contributed by atoms with van der Waals surface area (Å²) in [4.78, 5) is 12.1. The van der Waals surface area contributed by atoms with E-state index in [9.17, 15) is 4.79 Å². The van der Waals surface area contributed by atoms with E-state index in [0.29, 0.717) is 17.9 Å². The third kappa shape index (κ3) is 4.98. The van der Waals surface area contributed by atoms with E-state index in [0.717, 1.165) is 23.5 Å². The Balaban J connectivity index is 1.45. The van der Waals surface area contributed by atoms with Crippen LogP contribution in [0.15, 0.2) is 42.5 Å². The summed E-state index contributed by atoms with van der Waals surface area (Å²) in [6.07, 6.45) is 0.864. The molecule has 1 heterocycles. The summed E-state index contributed by atoms with van der Waals surface area (Å²) in [6.45, 7) is 7.12. The summed E-state index contributed by atoms with van der Waals surface area (Å²) in [6, 6.07) is 12.9. The fourth-order valence-corrected chi connectivity index (χ4v) is 3.02. The summed E-state index contributed by atoms with van der Waals surface area (Å²) < 4.78 is 17.1. The molecule has 2 aromatic carbocycles. The average molecular weight is 379 g/mol. The molecule has 0 spiro atoms. The standard InChI is InChI=1S/C23H25NO4/c1-4-26-19-12-10-17(11-13-19)22(25)24-14-5-6-15-27-20-9-7-8-18-16-23(2,3)28-21(18)20/h7-13H,4,14-16H2,1-3H3,(H,24,25). The number of nitrogens with one attached hydrogen (secondary N) is 1. The molecular formula is C23H25NO4. The van der Waals surface area contributed by atoms with E-state index >= 15 is 0 Å². The highest BCUT2D eigenvalue weighted by Gasteiger charge is 2.32. The Kier molecular flexibility index (Phi) is 6.10. The lowest BCUT2D eigenvalue weighted by molar-refractivity contribution is 0.0958. The highest BCUT2D eigenvalue weighted by Crippen LogP contribution is 2.41. The molecule has 1 N–H and O–H groups in total. The Morgan fingerprint density at radius 1 is 1.14 bits per heavy atom. The number of benzene rings is 2. The number of para-hydroxylation sites is 1. The normalized spacial score (nSPS) is 13.5. The number of ether oxygens (including phenoxy) is 3. The van der Waals surface area contributed by atoms with Gasteiger partial charge in [0.25, 0.3) is 5.91 Å². The molecule has 1 aliphatic heterocycles. The van der Waals surface area contributed by atoms with E-state index in [1.165, 1.54) is 0 Å². The van der Waals surface area contributed by atoms with Gasteiger partial charge < -0.3 is 19.5 Å². The van der Waals surface area contributed by atoms with Gasteiger partial charge in [0.15, 0.2) is 11.5 Å². The van der Waals surface area contributed by atoms with Crippen molar-refractivity contribution in [2.75, 3.05) is 19.8 Å². The first-order valence-corrected chi connectivity index (χ1v) is 9.39. The molecule has 146 valence electrons. The molecule has 1 aliphatic rings. The van der Waals surface area contributed by atoms with Crippen molar-refractivity contribution in [3.8, 4) is 29.1 Å². The SMILES string of the molecule is CCOc1ccc(C(=O)NCC#CCOc2cccc3c2OC(C)(C)C3)cc1. The largest absolute Gasteiger partial charge is 0.494 e. The summed E-state index contributed by atoms with van der Waals surface area (Å²) in [5.74, 6) is 7.90. The van der Waals surface area contributed by atoms with E-state index in [1.54, 1.807) is 24.3 Å². The van der Waals surface area contributed by atoms with Gasteiger partial charge in [0.1, 0.15) is 18.0 Å². The Hall–Kier alpha value is -3.13. The lowest BCUT2D eigenvalue weighted by Crippen LogP contribution is -2.24. The topological polar surface area (TPSA) is 56.8 Å². The first-order chi connectivity index (χ1) is 13.5. The minimum Gasteiger partial charge on any atom is -0.494 e. The zero-order valence-electron chi connectivity index (χ0n) is 16.5. The van der Waals surface area contributed by atoms with Crippen molar-refractivity contribution in [1.29, 1.82) is 0 Å². The van der Waals surface area contributed by atoms with Crippen LogP contribution in [-0.2, 0) is 6.42 Å². The average Bonchev–Trinajstić information content (AvgIpc) is 3.00. The van der Waals surface area contributed by atoms with Crippen LogP contribution < -0.4 is 19.5 Å². The van der Waals surface area contributed by atoms with Crippen LogP contribution in [0.3, 0.4) is 0 Å². The van der Waals surface area contributed by atoms with Gasteiger partial charge in [-0.25, -0.2) is 0 Å². The van der Waals surface area contributed by atoms with Crippen LogP contribution in [0.4, 0.5) is 0 Å². The van der Waals surface area contributed by atoms with Crippen LogP contribution in [0.25, 0.3) is 0 Å². The van der Waals surface area contributed by atoms with Crippen LogP contribution in [0.5, 0.6) is 17.2 Å². The summed E-state index contributed by atoms with van der Waals surface area (Å²) >= 11 is 0. The summed E-state index contributed by atoms with van der Waals surface area (Å²) in [5, 5.41) is 2.77. The van der Waals surface area contributed by atoms with Gasteiger partial charge in [-0.2, -0.15) is 0 Å². The fourth-order valence-electron chi connectivity index (χ4n) is 3.02. The predicted molar refractivity (Wildman–Crippen MR) is 108 cm³/mol. The molecular weight excluding hydrogens is 354 g/mol. The van der Waals surface area contributed by atoms with Crippen LogP contribution in [-0.4, -0.2) is 31.3 Å². The lowest BCUT2D eigenvalue weighted by atomic mass is 10.0. The molecule has 0 atom stereocenters. The van der Waals surface area contributed by atoms with Crippen molar-refractivity contribution in [3.05, 3.63) is 53.6 Å². The first-order valence-electron chi connectivity index (χ1n) is 9.39. The van der Waals surface area contributed by atoms with Gasteiger partial charge in [-0.05, 0) is 51.1 Å². The van der Waals surface area contributed by atoms with Gasteiger partial charge in [-0.1, -0.05) is 24.0 Å². The van der Waals surface area contributed by atoms with Crippen LogP contribution in [0.2, 0.25) is 0 Å². The minimum absolute atomic E-state index is 0.172. The maximum atomic E-state index is 12.1. The lowest BCUT2D eigenvalue weighted by Gasteiger charge is -2.17. The predicted octanol–water partition coefficient (Wildman–Crippen LogP) is 3.61. The number of fused-ring (bicyclic) bond motifs is 1. The van der Waals surface area contributed by atoms with Gasteiger partial charge in [0, 0.05) is 17.5 Å². The molecule has 0 radical (unpaired) electrons. The fraction of sp³-hybridized carbons (Fsp3) is 0.348. The van der Waals surface area contributed by atoms with Crippen molar-refractivity contribution in [2.45, 2.75) is 32.8 Å². The second kappa shape index (κ2) is 8.71. The summed E-state index contributed by atoms with van der Waals surface area (Å²) in [7, 11) is 0. The van der Waals surface area contributed by atoms with E-state index < -0.39 is 0 Å². The van der Waals surface area contributed by atoms with Gasteiger partial charge in [0.2, 0.25) is 0 Å². The molecule has 0 saturated carbocycles. The second-order valence-electron chi connectivity index (χ2n) is 7.07. The minimum atomic E-state index is -0.210. The molecule has 5 heteroatoms. The molecule has 0 saturated heterocycles. The Bertz CT molecular complexity index is 891. The molecule has 3 rings (SSSR count). The number of hydrogen-bond acceptors (Lipinski definition) is 4. The Morgan fingerprint density at radius 3 is 2.68 bits per heavy atom. The maximum Gasteiger partial charge on any atom is 0.252 e. The molecule has 2 aromatic rings. The van der Waals surface area contributed by atoms with E-state index in [-0.39, 0.29) is 24.7 Å². The van der Waals surface area contributed by atoms with Crippen molar-refractivity contribution in [1.82, 2.24) is 5.32 Å². The molecule has 0 aromatic heterocycles. The van der Waals surface area contributed by atoms with Gasteiger partial charge >= 0.3 is 0 Å². The quantitative estimate of drug-likeness (QED) is 0.779. The maximum absolute atomic E-state index is 12.1. The highest BCUT2D eigenvalue weighted by atomic mass is 16.5. The number of carbonyl (C=O) groups is 1. The van der Waals surface area contributed by atoms with Crippen molar-refractivity contribution < 1.29 is 19.0 Å². The molecule has 0 aliphatic carbocycles. The highest BCUT2D eigenvalue weighted by molar-refractivity contribution is 5.94. The Morgan fingerprint density at radius 2 is 1.93 bits per heavy atom. The zero-order chi connectivity index (χ0) is 20.0. The molecule has 1 amide bonds. The Labute approximate surface area is 166 Å². The number of hydrogen-bond donors (Lipinski definition) is 1. The van der Waals surface area contributed by atoms with Crippen molar-refractivity contribution in [2.24, 2.45) is 0 Å². The smallest absolute Gasteiger partial charge is 0.252 e. The monoisotopic (exact) mass is 379 g/mol. The molecule has 5 nitrogen and oxygen atoms in total. The van der Waals surface area contributed by atoms with E-state index in [1.807, 2.05) is 19.1 Å². The number of rotatable bonds is 6. The van der Waals surface area contributed by atoms with Crippen LogP contribution in [0, 0.1) is 11.8 Å².